The molecule has 0 bridgehead atoms. The first-order valence-corrected chi connectivity index (χ1v) is 11.0. The number of hydrogen-bond acceptors (Lipinski definition) is 8. The maximum atomic E-state index is 13.1. The molecule has 0 N–H and O–H groups in total. The van der Waals surface area contributed by atoms with Gasteiger partial charge in [-0.25, -0.2) is 14.5 Å². The number of rotatable bonds is 6. The van der Waals surface area contributed by atoms with Gasteiger partial charge in [0.2, 0.25) is 5.82 Å². The van der Waals surface area contributed by atoms with Crippen LogP contribution in [0.4, 0.5) is 0 Å². The summed E-state index contributed by atoms with van der Waals surface area (Å²) in [6.45, 7) is 3.91. The molecular weight excluding hydrogens is 426 g/mol. The first-order valence-electron chi connectivity index (χ1n) is 10.1. The Hall–Kier alpha value is -3.85. The molecule has 0 aliphatic rings. The molecule has 4 heterocycles. The number of carbonyl (C=O) groups excluding carboxylic acids is 1. The van der Waals surface area contributed by atoms with Gasteiger partial charge in [0.25, 0.3) is 5.89 Å². The summed E-state index contributed by atoms with van der Waals surface area (Å²) in [6, 6.07) is 15.3. The molecule has 0 saturated heterocycles. The fourth-order valence-electron chi connectivity index (χ4n) is 3.35. The largest absolute Gasteiger partial charge is 0.452 e. The molecule has 5 aromatic rings. The van der Waals surface area contributed by atoms with Gasteiger partial charge in [-0.15, -0.1) is 11.3 Å². The van der Waals surface area contributed by atoms with Gasteiger partial charge < -0.3 is 9.26 Å². The Balaban J connectivity index is 1.46. The number of carbonyl (C=O) groups is 1. The van der Waals surface area contributed by atoms with Crippen LogP contribution in [-0.4, -0.2) is 30.9 Å². The Kier molecular flexibility index (Phi) is 5.24. The van der Waals surface area contributed by atoms with Crippen molar-refractivity contribution in [3.05, 3.63) is 71.6 Å². The Morgan fingerprint density at radius 2 is 2.00 bits per heavy atom. The van der Waals surface area contributed by atoms with Crippen LogP contribution in [0, 0.1) is 0 Å². The van der Waals surface area contributed by atoms with Crippen LogP contribution in [0.15, 0.2) is 64.6 Å². The van der Waals surface area contributed by atoms with Crippen molar-refractivity contribution in [1.82, 2.24) is 24.9 Å². The summed E-state index contributed by atoms with van der Waals surface area (Å²) in [5, 5.41) is 10.9. The summed E-state index contributed by atoms with van der Waals surface area (Å²) in [4.78, 5) is 23.0. The van der Waals surface area contributed by atoms with E-state index in [1.807, 2.05) is 61.7 Å². The fourth-order valence-corrected chi connectivity index (χ4v) is 4.00. The molecule has 0 atom stereocenters. The molecular formula is C23H19N5O3S. The van der Waals surface area contributed by atoms with Crippen LogP contribution in [0.5, 0.6) is 0 Å². The van der Waals surface area contributed by atoms with Crippen molar-refractivity contribution in [2.45, 2.75) is 26.5 Å². The van der Waals surface area contributed by atoms with Crippen LogP contribution < -0.4 is 0 Å². The third-order valence-electron chi connectivity index (χ3n) is 4.88. The third-order valence-corrected chi connectivity index (χ3v) is 5.75. The van der Waals surface area contributed by atoms with Gasteiger partial charge in [-0.3, -0.25) is 0 Å². The smallest absolute Gasteiger partial charge is 0.339 e. The summed E-state index contributed by atoms with van der Waals surface area (Å²) in [5.74, 6) is 0.198. The second-order valence-electron chi connectivity index (χ2n) is 7.41. The molecule has 4 aromatic heterocycles. The minimum absolute atomic E-state index is 0.0870. The Morgan fingerprint density at radius 3 is 2.75 bits per heavy atom. The van der Waals surface area contributed by atoms with Crippen molar-refractivity contribution >= 4 is 28.3 Å². The van der Waals surface area contributed by atoms with Gasteiger partial charge in [0, 0.05) is 11.6 Å². The predicted octanol–water partition coefficient (Wildman–Crippen LogP) is 5.15. The number of esters is 1. The summed E-state index contributed by atoms with van der Waals surface area (Å²) < 4.78 is 12.5. The van der Waals surface area contributed by atoms with Gasteiger partial charge in [-0.05, 0) is 31.4 Å². The molecule has 32 heavy (non-hydrogen) atoms. The van der Waals surface area contributed by atoms with Crippen LogP contribution in [0.3, 0.4) is 0 Å². The second kappa shape index (κ2) is 8.35. The van der Waals surface area contributed by atoms with E-state index in [1.165, 1.54) is 11.3 Å². The van der Waals surface area contributed by atoms with Crippen molar-refractivity contribution in [2.24, 2.45) is 0 Å². The molecule has 0 amide bonds. The number of pyridine rings is 1. The molecule has 0 radical (unpaired) electrons. The Bertz CT molecular complexity index is 1370. The summed E-state index contributed by atoms with van der Waals surface area (Å²) in [5.41, 5.74) is 2.59. The monoisotopic (exact) mass is 445 g/mol. The molecule has 0 unspecified atom stereocenters. The standard InChI is InChI=1S/C23H19N5O3S/c1-14(2)28-22-17(12-24-28)16(11-18(25-22)15-7-4-3-5-8-15)23(29)30-13-20-26-21(27-31-20)19-9-6-10-32-19/h3-12,14H,13H2,1-2H3. The van der Waals surface area contributed by atoms with Gasteiger partial charge in [0.1, 0.15) is 0 Å². The lowest BCUT2D eigenvalue weighted by Crippen LogP contribution is -2.08. The molecule has 0 spiro atoms. The van der Waals surface area contributed by atoms with Crippen molar-refractivity contribution in [3.63, 3.8) is 0 Å². The van der Waals surface area contributed by atoms with Crippen LogP contribution >= 0.6 is 11.3 Å². The van der Waals surface area contributed by atoms with Gasteiger partial charge >= 0.3 is 5.97 Å². The highest BCUT2D eigenvalue weighted by molar-refractivity contribution is 7.13. The van der Waals surface area contributed by atoms with E-state index in [2.05, 4.69) is 15.2 Å². The van der Waals surface area contributed by atoms with E-state index in [-0.39, 0.29) is 18.5 Å². The molecule has 160 valence electrons. The second-order valence-corrected chi connectivity index (χ2v) is 8.35. The van der Waals surface area contributed by atoms with Gasteiger partial charge in [0.15, 0.2) is 12.3 Å². The van der Waals surface area contributed by atoms with Crippen molar-refractivity contribution in [1.29, 1.82) is 0 Å². The van der Waals surface area contributed by atoms with E-state index in [9.17, 15) is 4.79 Å². The average molecular weight is 446 g/mol. The number of nitrogens with zero attached hydrogens (tertiary/aromatic N) is 5. The fraction of sp³-hybridized carbons (Fsp3) is 0.174. The first-order chi connectivity index (χ1) is 15.6. The Labute approximate surface area is 187 Å². The Morgan fingerprint density at radius 1 is 1.16 bits per heavy atom. The maximum Gasteiger partial charge on any atom is 0.339 e. The molecule has 0 fully saturated rings. The van der Waals surface area contributed by atoms with E-state index in [0.29, 0.717) is 28.1 Å². The number of hydrogen-bond donors (Lipinski definition) is 0. The lowest BCUT2D eigenvalue weighted by atomic mass is 10.1. The van der Waals surface area contributed by atoms with Crippen molar-refractivity contribution in [2.75, 3.05) is 0 Å². The van der Waals surface area contributed by atoms with E-state index >= 15 is 0 Å². The summed E-state index contributed by atoms with van der Waals surface area (Å²) in [6.07, 6.45) is 1.65. The first kappa shape index (κ1) is 20.1. The topological polar surface area (TPSA) is 95.9 Å². The van der Waals surface area contributed by atoms with E-state index in [4.69, 9.17) is 14.2 Å². The quantitative estimate of drug-likeness (QED) is 0.334. The van der Waals surface area contributed by atoms with Crippen LogP contribution in [0.25, 0.3) is 33.0 Å². The number of thiophene rings is 1. The van der Waals surface area contributed by atoms with Gasteiger partial charge in [0.05, 0.1) is 27.7 Å². The molecule has 1 aromatic carbocycles. The molecule has 5 rings (SSSR count). The van der Waals surface area contributed by atoms with Crippen molar-refractivity contribution < 1.29 is 14.1 Å². The third kappa shape index (κ3) is 3.78. The van der Waals surface area contributed by atoms with Crippen LogP contribution in [0.2, 0.25) is 0 Å². The highest BCUT2D eigenvalue weighted by atomic mass is 32.1. The maximum absolute atomic E-state index is 13.1. The summed E-state index contributed by atoms with van der Waals surface area (Å²) >= 11 is 1.51. The molecule has 0 saturated carbocycles. The summed E-state index contributed by atoms with van der Waals surface area (Å²) in [7, 11) is 0. The van der Waals surface area contributed by atoms with Gasteiger partial charge in [-0.2, -0.15) is 10.1 Å². The SMILES string of the molecule is CC(C)n1ncc2c(C(=O)OCc3nc(-c4cccs4)no3)cc(-c3ccccc3)nc21. The lowest BCUT2D eigenvalue weighted by Gasteiger charge is -2.10. The van der Waals surface area contributed by atoms with Crippen LogP contribution in [0.1, 0.15) is 36.1 Å². The van der Waals surface area contributed by atoms with E-state index in [0.717, 1.165) is 10.4 Å². The molecule has 8 nitrogen and oxygen atoms in total. The highest BCUT2D eigenvalue weighted by Crippen LogP contribution is 2.27. The number of ether oxygens (including phenoxy) is 1. The van der Waals surface area contributed by atoms with E-state index in [1.54, 1.807) is 16.9 Å². The normalized spacial score (nSPS) is 11.3. The minimum Gasteiger partial charge on any atom is -0.452 e. The van der Waals surface area contributed by atoms with Gasteiger partial charge in [-0.1, -0.05) is 41.6 Å². The van der Waals surface area contributed by atoms with E-state index < -0.39 is 5.97 Å². The molecule has 0 aliphatic carbocycles. The molecule has 0 aliphatic heterocycles. The molecule has 9 heteroatoms. The van der Waals surface area contributed by atoms with Crippen LogP contribution in [-0.2, 0) is 11.3 Å². The zero-order valence-electron chi connectivity index (χ0n) is 17.4. The number of benzene rings is 1. The lowest BCUT2D eigenvalue weighted by molar-refractivity contribution is 0.0432. The zero-order chi connectivity index (χ0) is 22.1. The number of fused-ring (bicyclic) bond motifs is 1. The zero-order valence-corrected chi connectivity index (χ0v) is 18.2. The minimum atomic E-state index is -0.506. The predicted molar refractivity (Wildman–Crippen MR) is 120 cm³/mol. The number of aromatic nitrogens is 5. The highest BCUT2D eigenvalue weighted by Gasteiger charge is 2.20. The average Bonchev–Trinajstić information content (AvgIpc) is 3.57. The van der Waals surface area contributed by atoms with Crippen molar-refractivity contribution in [3.8, 4) is 22.0 Å².